The first-order valence-corrected chi connectivity index (χ1v) is 6.39. The highest BCUT2D eigenvalue weighted by Crippen LogP contribution is 2.14. The normalized spacial score (nSPS) is 10.6. The maximum atomic E-state index is 11.1. The van der Waals surface area contributed by atoms with Crippen LogP contribution < -0.4 is 0 Å². The summed E-state index contributed by atoms with van der Waals surface area (Å²) in [4.78, 5) is 11.1. The number of hydrogen-bond donors (Lipinski definition) is 1. The van der Waals surface area contributed by atoms with Gasteiger partial charge in [0.05, 0.1) is 12.2 Å². The summed E-state index contributed by atoms with van der Waals surface area (Å²) in [7, 11) is 0. The first-order chi connectivity index (χ1) is 9.11. The number of benzene rings is 1. The molecule has 0 atom stereocenters. The maximum Gasteiger partial charge on any atom is 0.358 e. The lowest BCUT2D eigenvalue weighted by atomic mass is 10.2. The zero-order valence-corrected chi connectivity index (χ0v) is 11.3. The van der Waals surface area contributed by atoms with Crippen molar-refractivity contribution in [2.75, 3.05) is 0 Å². The van der Waals surface area contributed by atoms with Gasteiger partial charge in [-0.2, -0.15) is 0 Å². The number of hydrogen-bond acceptors (Lipinski definition) is 3. The van der Waals surface area contributed by atoms with Crippen LogP contribution in [0.4, 0.5) is 0 Å². The molecule has 5 nitrogen and oxygen atoms in total. The van der Waals surface area contributed by atoms with Gasteiger partial charge in [0.1, 0.15) is 0 Å². The Morgan fingerprint density at radius 2 is 2.26 bits per heavy atom. The third kappa shape index (κ3) is 3.12. The van der Waals surface area contributed by atoms with Crippen molar-refractivity contribution in [2.24, 2.45) is 0 Å². The quantitative estimate of drug-likeness (QED) is 0.913. The Labute approximate surface area is 115 Å². The topological polar surface area (TPSA) is 68.0 Å². The summed E-state index contributed by atoms with van der Waals surface area (Å²) in [6.07, 6.45) is 1.47. The average molecular weight is 280 g/mol. The zero-order chi connectivity index (χ0) is 13.8. The minimum absolute atomic E-state index is 0.0314. The van der Waals surface area contributed by atoms with Gasteiger partial charge in [-0.1, -0.05) is 42.3 Å². The highest BCUT2D eigenvalue weighted by molar-refractivity contribution is 6.30. The van der Waals surface area contributed by atoms with E-state index in [9.17, 15) is 4.79 Å². The smallest absolute Gasteiger partial charge is 0.358 e. The second kappa shape index (κ2) is 5.84. The SMILES string of the molecule is CCCc1c(C(=O)O)nnn1Cc1cccc(Cl)c1. The molecule has 1 heterocycles. The van der Waals surface area contributed by atoms with Crippen LogP contribution in [0.2, 0.25) is 5.02 Å². The molecule has 0 amide bonds. The molecule has 0 fully saturated rings. The van der Waals surface area contributed by atoms with Crippen LogP contribution in [0.3, 0.4) is 0 Å². The molecule has 1 N–H and O–H groups in total. The summed E-state index contributed by atoms with van der Waals surface area (Å²) in [6, 6.07) is 7.40. The maximum absolute atomic E-state index is 11.1. The molecular formula is C13H14ClN3O2. The van der Waals surface area contributed by atoms with Crippen molar-refractivity contribution in [3.8, 4) is 0 Å². The van der Waals surface area contributed by atoms with E-state index >= 15 is 0 Å². The lowest BCUT2D eigenvalue weighted by Gasteiger charge is -2.06. The van der Waals surface area contributed by atoms with Crippen LogP contribution in [-0.4, -0.2) is 26.1 Å². The minimum Gasteiger partial charge on any atom is -0.476 e. The molecule has 2 rings (SSSR count). The Morgan fingerprint density at radius 1 is 1.47 bits per heavy atom. The lowest BCUT2D eigenvalue weighted by Crippen LogP contribution is -2.09. The molecular weight excluding hydrogens is 266 g/mol. The van der Waals surface area contributed by atoms with Gasteiger partial charge in [0.2, 0.25) is 0 Å². The fraction of sp³-hybridized carbons (Fsp3) is 0.308. The van der Waals surface area contributed by atoms with Crippen molar-refractivity contribution in [1.82, 2.24) is 15.0 Å². The van der Waals surface area contributed by atoms with Crippen molar-refractivity contribution < 1.29 is 9.90 Å². The number of nitrogens with zero attached hydrogens (tertiary/aromatic N) is 3. The summed E-state index contributed by atoms with van der Waals surface area (Å²) in [5.74, 6) is -1.04. The molecule has 0 aliphatic carbocycles. The Balaban J connectivity index is 2.32. The molecule has 0 bridgehead atoms. The van der Waals surface area contributed by atoms with Gasteiger partial charge >= 0.3 is 5.97 Å². The molecule has 0 aliphatic heterocycles. The summed E-state index contributed by atoms with van der Waals surface area (Å²) in [5, 5.41) is 17.4. The van der Waals surface area contributed by atoms with E-state index in [-0.39, 0.29) is 5.69 Å². The summed E-state index contributed by atoms with van der Waals surface area (Å²) < 4.78 is 1.62. The van der Waals surface area contributed by atoms with Crippen LogP contribution in [0.15, 0.2) is 24.3 Å². The molecule has 0 radical (unpaired) electrons. The van der Waals surface area contributed by atoms with Gasteiger partial charge in [-0.25, -0.2) is 9.48 Å². The van der Waals surface area contributed by atoms with Gasteiger partial charge < -0.3 is 5.11 Å². The zero-order valence-electron chi connectivity index (χ0n) is 10.5. The van der Waals surface area contributed by atoms with Crippen molar-refractivity contribution >= 4 is 17.6 Å². The number of carboxylic acid groups (broad SMARTS) is 1. The summed E-state index contributed by atoms with van der Waals surface area (Å²) in [6.45, 7) is 2.46. The van der Waals surface area contributed by atoms with Crippen molar-refractivity contribution in [3.05, 3.63) is 46.2 Å². The molecule has 0 saturated heterocycles. The van der Waals surface area contributed by atoms with Gasteiger partial charge in [-0.05, 0) is 24.1 Å². The van der Waals surface area contributed by atoms with E-state index in [0.717, 1.165) is 12.0 Å². The lowest BCUT2D eigenvalue weighted by molar-refractivity contribution is 0.0689. The van der Waals surface area contributed by atoms with Crippen LogP contribution >= 0.6 is 11.6 Å². The van der Waals surface area contributed by atoms with E-state index in [4.69, 9.17) is 16.7 Å². The van der Waals surface area contributed by atoms with Gasteiger partial charge in [0.25, 0.3) is 0 Å². The number of aromatic nitrogens is 3. The fourth-order valence-electron chi connectivity index (χ4n) is 1.92. The second-order valence-corrected chi connectivity index (χ2v) is 4.66. The van der Waals surface area contributed by atoms with E-state index in [1.165, 1.54) is 0 Å². The van der Waals surface area contributed by atoms with Gasteiger partial charge in [-0.3, -0.25) is 0 Å². The number of carboxylic acids is 1. The Bertz CT molecular complexity index is 595. The molecule has 0 spiro atoms. The summed E-state index contributed by atoms with van der Waals surface area (Å²) in [5.41, 5.74) is 1.64. The van der Waals surface area contributed by atoms with Crippen LogP contribution in [0.1, 0.15) is 35.1 Å². The monoisotopic (exact) mass is 279 g/mol. The first kappa shape index (κ1) is 13.5. The Hall–Kier alpha value is -1.88. The van der Waals surface area contributed by atoms with Crippen LogP contribution in [0.25, 0.3) is 0 Å². The molecule has 1 aromatic carbocycles. The molecule has 0 saturated carbocycles. The third-order valence-corrected chi connectivity index (χ3v) is 2.98. The Kier molecular flexibility index (Phi) is 4.16. The minimum atomic E-state index is -1.04. The predicted octanol–water partition coefficient (Wildman–Crippen LogP) is 2.63. The molecule has 100 valence electrons. The predicted molar refractivity (Wildman–Crippen MR) is 71.5 cm³/mol. The van der Waals surface area contributed by atoms with E-state index in [1.54, 1.807) is 10.7 Å². The van der Waals surface area contributed by atoms with Crippen molar-refractivity contribution in [3.63, 3.8) is 0 Å². The molecule has 2 aromatic rings. The number of carbonyl (C=O) groups is 1. The molecule has 19 heavy (non-hydrogen) atoms. The van der Waals surface area contributed by atoms with Crippen LogP contribution in [-0.2, 0) is 13.0 Å². The second-order valence-electron chi connectivity index (χ2n) is 4.23. The highest BCUT2D eigenvalue weighted by atomic mass is 35.5. The number of halogens is 1. The van der Waals surface area contributed by atoms with Gasteiger partial charge in [0.15, 0.2) is 5.69 Å². The van der Waals surface area contributed by atoms with Crippen LogP contribution in [0.5, 0.6) is 0 Å². The molecule has 0 unspecified atom stereocenters. The first-order valence-electron chi connectivity index (χ1n) is 6.02. The van der Waals surface area contributed by atoms with E-state index < -0.39 is 5.97 Å². The summed E-state index contributed by atoms with van der Waals surface area (Å²) >= 11 is 5.93. The van der Waals surface area contributed by atoms with Crippen LogP contribution in [0, 0.1) is 0 Å². The van der Waals surface area contributed by atoms with Gasteiger partial charge in [0, 0.05) is 5.02 Å². The fourth-order valence-corrected chi connectivity index (χ4v) is 2.13. The molecule has 6 heteroatoms. The van der Waals surface area contributed by atoms with E-state index in [2.05, 4.69) is 10.3 Å². The van der Waals surface area contributed by atoms with Crippen molar-refractivity contribution in [1.29, 1.82) is 0 Å². The average Bonchev–Trinajstić information content (AvgIpc) is 2.73. The third-order valence-electron chi connectivity index (χ3n) is 2.75. The number of rotatable bonds is 5. The molecule has 0 aliphatic rings. The van der Waals surface area contributed by atoms with E-state index in [0.29, 0.717) is 23.7 Å². The van der Waals surface area contributed by atoms with E-state index in [1.807, 2.05) is 25.1 Å². The highest BCUT2D eigenvalue weighted by Gasteiger charge is 2.18. The van der Waals surface area contributed by atoms with Gasteiger partial charge in [-0.15, -0.1) is 5.10 Å². The standard InChI is InChI=1S/C13H14ClN3O2/c1-2-4-11-12(13(18)19)15-16-17(11)8-9-5-3-6-10(14)7-9/h3,5-7H,2,4,8H2,1H3,(H,18,19). The largest absolute Gasteiger partial charge is 0.476 e. The molecule has 1 aromatic heterocycles. The van der Waals surface area contributed by atoms with Crippen molar-refractivity contribution in [2.45, 2.75) is 26.3 Å². The Morgan fingerprint density at radius 3 is 2.89 bits per heavy atom. The number of aromatic carboxylic acids is 1.